The minimum Gasteiger partial charge on any atom is -1.00 e. The Balaban J connectivity index is 0.00000529. The van der Waals surface area contributed by atoms with Crippen LogP contribution in [0.1, 0.15) is 76.8 Å². The van der Waals surface area contributed by atoms with Crippen molar-refractivity contribution in [3.63, 3.8) is 0 Å². The van der Waals surface area contributed by atoms with Crippen molar-refractivity contribution < 1.29 is 31.3 Å². The van der Waals surface area contributed by atoms with Gasteiger partial charge in [-0.15, -0.1) is 0 Å². The molecule has 0 saturated carbocycles. The van der Waals surface area contributed by atoms with E-state index in [4.69, 9.17) is 4.84 Å². The normalized spacial score (nSPS) is 10.0. The summed E-state index contributed by atoms with van der Waals surface area (Å²) in [7, 11) is 0. The smallest absolute Gasteiger partial charge is 0.403 e. The Morgan fingerprint density at radius 3 is 2.21 bits per heavy atom. The summed E-state index contributed by atoms with van der Waals surface area (Å²) in [6.07, 6.45) is 17.1. The summed E-state index contributed by atoms with van der Waals surface area (Å²) < 4.78 is 1.55. The lowest BCUT2D eigenvalue weighted by Gasteiger charge is -2.02. The van der Waals surface area contributed by atoms with Crippen molar-refractivity contribution in [2.24, 2.45) is 0 Å². The Hall–Kier alpha value is -1.16. The molecule has 0 aliphatic rings. The molecule has 1 aromatic rings. The van der Waals surface area contributed by atoms with Crippen LogP contribution in [0.5, 0.6) is 0 Å². The van der Waals surface area contributed by atoms with Crippen LogP contribution < -0.4 is 26.5 Å². The number of aromatic nitrogens is 1. The highest BCUT2D eigenvalue weighted by Crippen LogP contribution is 2.11. The number of halogens is 1. The molecule has 0 fully saturated rings. The molecule has 0 aliphatic carbocycles. The fourth-order valence-electron chi connectivity index (χ4n) is 2.67. The topological polar surface area (TPSA) is 30.2 Å². The number of carbonyl (C=O) groups is 1. The molecule has 0 saturated heterocycles. The maximum absolute atomic E-state index is 11.3. The van der Waals surface area contributed by atoms with Crippen LogP contribution in [0, 0.1) is 0 Å². The molecule has 1 rings (SSSR count). The van der Waals surface area contributed by atoms with Gasteiger partial charge in [0.25, 0.3) is 0 Å². The minimum atomic E-state index is -0.425. The van der Waals surface area contributed by atoms with E-state index in [1.54, 1.807) is 10.9 Å². The third-order valence-corrected chi connectivity index (χ3v) is 4.05. The van der Waals surface area contributed by atoms with Gasteiger partial charge in [-0.3, -0.25) is 0 Å². The lowest BCUT2D eigenvalue weighted by atomic mass is 10.1. The van der Waals surface area contributed by atoms with E-state index in [0.29, 0.717) is 0 Å². The third-order valence-electron chi connectivity index (χ3n) is 4.05. The van der Waals surface area contributed by atoms with Gasteiger partial charge in [0.15, 0.2) is 0 Å². The second-order valence-corrected chi connectivity index (χ2v) is 6.06. The second-order valence-electron chi connectivity index (χ2n) is 6.06. The van der Waals surface area contributed by atoms with Crippen molar-refractivity contribution in [1.82, 2.24) is 0 Å². The van der Waals surface area contributed by atoms with Gasteiger partial charge in [0, 0.05) is 29.4 Å². The van der Waals surface area contributed by atoms with Crippen LogP contribution in [0.15, 0.2) is 37.1 Å². The van der Waals surface area contributed by atoms with Gasteiger partial charge >= 0.3 is 5.97 Å². The molecule has 0 spiro atoms. The highest BCUT2D eigenvalue weighted by Gasteiger charge is 2.14. The van der Waals surface area contributed by atoms with Crippen LogP contribution in [0.25, 0.3) is 0 Å². The zero-order valence-corrected chi connectivity index (χ0v) is 16.6. The summed E-state index contributed by atoms with van der Waals surface area (Å²) in [5.74, 6) is -0.425. The summed E-state index contributed by atoms with van der Waals surface area (Å²) in [6.45, 7) is 5.68. The summed E-state index contributed by atoms with van der Waals surface area (Å²) in [6, 6.07) is 5.84. The Kier molecular flexibility index (Phi) is 14.6. The standard InChI is InChI=1S/C20H32NO2.BrH/c1-3-5-6-7-8-9-10-11-12-13-16-19-17-14-15-18-21(19)23-20(22)4-2;/h4,14-15,17-18H,2-3,5-13,16H2,1H3;1H/q+1;/p-1. The molecule has 4 heteroatoms. The Bertz CT molecular complexity index is 463. The Labute approximate surface area is 157 Å². The van der Waals surface area contributed by atoms with Crippen molar-refractivity contribution in [3.05, 3.63) is 42.7 Å². The van der Waals surface area contributed by atoms with E-state index in [1.165, 1.54) is 63.9 Å². The van der Waals surface area contributed by atoms with Crippen molar-refractivity contribution >= 4 is 5.97 Å². The van der Waals surface area contributed by atoms with Crippen molar-refractivity contribution in [2.45, 2.75) is 77.6 Å². The predicted octanol–water partition coefficient (Wildman–Crippen LogP) is 1.58. The lowest BCUT2D eigenvalue weighted by Crippen LogP contribution is -3.00. The number of hydrogen-bond acceptors (Lipinski definition) is 2. The van der Waals surface area contributed by atoms with Crippen LogP contribution in [-0.2, 0) is 11.2 Å². The number of nitrogens with zero attached hydrogens (tertiary/aromatic N) is 1. The molecular formula is C20H32BrNO2. The van der Waals surface area contributed by atoms with Gasteiger partial charge in [-0.05, 0) is 12.5 Å². The molecule has 1 aromatic heterocycles. The molecule has 136 valence electrons. The van der Waals surface area contributed by atoms with Crippen LogP contribution in [0.2, 0.25) is 0 Å². The van der Waals surface area contributed by atoms with Crippen molar-refractivity contribution in [3.8, 4) is 0 Å². The Morgan fingerprint density at radius 1 is 1.04 bits per heavy atom. The zero-order chi connectivity index (χ0) is 16.8. The average molecular weight is 398 g/mol. The van der Waals surface area contributed by atoms with E-state index < -0.39 is 5.97 Å². The number of hydrogen-bond donors (Lipinski definition) is 0. The van der Waals surface area contributed by atoms with Crippen LogP contribution in [0.4, 0.5) is 0 Å². The third kappa shape index (κ3) is 10.6. The first-order valence-electron chi connectivity index (χ1n) is 9.12. The van der Waals surface area contributed by atoms with Gasteiger partial charge in [0.1, 0.15) is 0 Å². The molecule has 3 nitrogen and oxygen atoms in total. The first kappa shape index (κ1) is 22.8. The van der Waals surface area contributed by atoms with Crippen molar-refractivity contribution in [2.75, 3.05) is 0 Å². The molecule has 24 heavy (non-hydrogen) atoms. The lowest BCUT2D eigenvalue weighted by molar-refractivity contribution is -0.874. The number of pyridine rings is 1. The second kappa shape index (κ2) is 15.4. The predicted molar refractivity (Wildman–Crippen MR) is 94.0 cm³/mol. The summed E-state index contributed by atoms with van der Waals surface area (Å²) in [5.41, 5.74) is 1.03. The van der Waals surface area contributed by atoms with Gasteiger partial charge in [-0.2, -0.15) is 4.84 Å². The molecule has 0 amide bonds. The summed E-state index contributed by atoms with van der Waals surface area (Å²) in [4.78, 5) is 16.5. The zero-order valence-electron chi connectivity index (χ0n) is 15.0. The molecule has 0 N–H and O–H groups in total. The minimum absolute atomic E-state index is 0. The van der Waals surface area contributed by atoms with Crippen LogP contribution in [0.3, 0.4) is 0 Å². The molecule has 0 radical (unpaired) electrons. The quantitative estimate of drug-likeness (QED) is 0.287. The summed E-state index contributed by atoms with van der Waals surface area (Å²) >= 11 is 0. The summed E-state index contributed by atoms with van der Waals surface area (Å²) in [5, 5.41) is 0. The highest BCUT2D eigenvalue weighted by molar-refractivity contribution is 5.80. The van der Waals surface area contributed by atoms with Crippen LogP contribution >= 0.6 is 0 Å². The molecular weight excluding hydrogens is 366 g/mol. The monoisotopic (exact) mass is 397 g/mol. The fraction of sp³-hybridized carbons (Fsp3) is 0.600. The van der Waals surface area contributed by atoms with E-state index in [1.807, 2.05) is 18.2 Å². The molecule has 0 unspecified atom stereocenters. The van der Waals surface area contributed by atoms with Gasteiger partial charge in [0.2, 0.25) is 11.9 Å². The first-order valence-corrected chi connectivity index (χ1v) is 9.12. The average Bonchev–Trinajstić information content (AvgIpc) is 2.57. The fourth-order valence-corrected chi connectivity index (χ4v) is 2.67. The van der Waals surface area contributed by atoms with Gasteiger partial charge in [-0.25, -0.2) is 4.79 Å². The SMILES string of the molecule is C=CC(=O)O[n+]1ccccc1CCCCCCCCCCCC.[Br-]. The van der Waals surface area contributed by atoms with E-state index in [0.717, 1.165) is 18.5 Å². The number of carbonyl (C=O) groups excluding carboxylic acids is 1. The number of unbranched alkanes of at least 4 members (excludes halogenated alkanes) is 9. The molecule has 0 bridgehead atoms. The molecule has 0 atom stereocenters. The van der Waals surface area contributed by atoms with Crippen molar-refractivity contribution in [1.29, 1.82) is 0 Å². The van der Waals surface area contributed by atoms with Gasteiger partial charge in [0.05, 0.1) is 0 Å². The largest absolute Gasteiger partial charge is 1.00 e. The van der Waals surface area contributed by atoms with Gasteiger partial charge in [-0.1, -0.05) is 71.3 Å². The maximum atomic E-state index is 11.3. The van der Waals surface area contributed by atoms with E-state index >= 15 is 0 Å². The maximum Gasteiger partial charge on any atom is 0.403 e. The van der Waals surface area contributed by atoms with E-state index in [-0.39, 0.29) is 17.0 Å². The molecule has 1 heterocycles. The Morgan fingerprint density at radius 2 is 1.62 bits per heavy atom. The molecule has 0 aromatic carbocycles. The van der Waals surface area contributed by atoms with E-state index in [2.05, 4.69) is 13.5 Å². The first-order chi connectivity index (χ1) is 11.3. The van der Waals surface area contributed by atoms with Gasteiger partial charge < -0.3 is 17.0 Å². The number of rotatable bonds is 13. The van der Waals surface area contributed by atoms with E-state index in [9.17, 15) is 4.79 Å². The van der Waals surface area contributed by atoms with Crippen LogP contribution in [-0.4, -0.2) is 5.97 Å². The molecule has 0 aliphatic heterocycles. The number of aryl methyl sites for hydroxylation is 1. The highest BCUT2D eigenvalue weighted by atomic mass is 79.9.